The number of thiocarbonyl (C=S) groups is 1. The monoisotopic (exact) mass is 308 g/mol. The van der Waals surface area contributed by atoms with Gasteiger partial charge in [-0.2, -0.15) is 0 Å². The minimum atomic E-state index is 0.662. The molecule has 0 radical (unpaired) electrons. The van der Waals surface area contributed by atoms with Crippen molar-refractivity contribution in [1.29, 1.82) is 0 Å². The molecule has 1 heterocycles. The molecule has 0 aromatic heterocycles. The number of quaternary nitrogens is 1. The van der Waals surface area contributed by atoms with Crippen molar-refractivity contribution in [3.05, 3.63) is 35.4 Å². The van der Waals surface area contributed by atoms with Gasteiger partial charge < -0.3 is 20.3 Å². The molecule has 0 atom stereocenters. The van der Waals surface area contributed by atoms with Crippen LogP contribution in [0.4, 0.5) is 0 Å². The van der Waals surface area contributed by atoms with Gasteiger partial charge in [0, 0.05) is 38.6 Å². The van der Waals surface area contributed by atoms with Crippen molar-refractivity contribution in [1.82, 2.24) is 10.6 Å². The Balaban J connectivity index is 1.70. The molecule has 4 nitrogen and oxygen atoms in total. The minimum absolute atomic E-state index is 0.662. The zero-order chi connectivity index (χ0) is 14.9. The van der Waals surface area contributed by atoms with E-state index >= 15 is 0 Å². The van der Waals surface area contributed by atoms with E-state index in [-0.39, 0.29) is 0 Å². The highest BCUT2D eigenvalue weighted by molar-refractivity contribution is 7.80. The Bertz CT molecular complexity index is 430. The summed E-state index contributed by atoms with van der Waals surface area (Å²) in [5.41, 5.74) is 2.68. The van der Waals surface area contributed by atoms with Gasteiger partial charge >= 0.3 is 0 Å². The van der Waals surface area contributed by atoms with E-state index in [2.05, 4.69) is 34.9 Å². The second-order valence-electron chi connectivity index (χ2n) is 5.55. The van der Waals surface area contributed by atoms with Gasteiger partial charge in [0.1, 0.15) is 6.54 Å². The molecule has 1 aromatic rings. The molecule has 1 aliphatic rings. The summed E-state index contributed by atoms with van der Waals surface area (Å²) < 4.78 is 4.97. The molecule has 0 aliphatic carbocycles. The second kappa shape index (κ2) is 8.97. The largest absolute Gasteiger partial charge is 0.383 e. The lowest BCUT2D eigenvalue weighted by Crippen LogP contribution is -3.08. The first-order valence-electron chi connectivity index (χ1n) is 7.70. The zero-order valence-electron chi connectivity index (χ0n) is 12.8. The van der Waals surface area contributed by atoms with E-state index in [1.807, 2.05) is 0 Å². The van der Waals surface area contributed by atoms with Crippen LogP contribution in [-0.2, 0) is 17.8 Å². The van der Waals surface area contributed by atoms with Crippen molar-refractivity contribution in [2.24, 2.45) is 0 Å². The number of rotatable bonds is 7. The lowest BCUT2D eigenvalue weighted by atomic mass is 10.1. The molecule has 1 aliphatic heterocycles. The third-order valence-electron chi connectivity index (χ3n) is 3.83. The Morgan fingerprint density at radius 1 is 1.14 bits per heavy atom. The first-order valence-corrected chi connectivity index (χ1v) is 8.11. The van der Waals surface area contributed by atoms with Crippen molar-refractivity contribution >= 4 is 17.3 Å². The lowest BCUT2D eigenvalue weighted by Gasteiger charge is -2.13. The summed E-state index contributed by atoms with van der Waals surface area (Å²) in [6.07, 6.45) is 2.76. The van der Waals surface area contributed by atoms with Gasteiger partial charge in [-0.05, 0) is 17.8 Å². The van der Waals surface area contributed by atoms with Crippen molar-refractivity contribution < 1.29 is 9.64 Å². The van der Waals surface area contributed by atoms with Crippen molar-refractivity contribution in [2.75, 3.05) is 33.4 Å². The molecule has 0 spiro atoms. The summed E-state index contributed by atoms with van der Waals surface area (Å²) in [7, 11) is 1.68. The van der Waals surface area contributed by atoms with E-state index in [1.165, 1.54) is 37.1 Å². The van der Waals surface area contributed by atoms with E-state index in [1.54, 1.807) is 12.0 Å². The van der Waals surface area contributed by atoms with Crippen LogP contribution < -0.4 is 15.5 Å². The maximum absolute atomic E-state index is 5.21. The van der Waals surface area contributed by atoms with Gasteiger partial charge in [-0.1, -0.05) is 24.3 Å². The fourth-order valence-electron chi connectivity index (χ4n) is 2.63. The SMILES string of the molecule is COCCNC(=S)NCc1ccc(C[NH+]2CCCC2)cc1. The van der Waals surface area contributed by atoms with Crippen LogP contribution in [0.25, 0.3) is 0 Å². The Morgan fingerprint density at radius 3 is 2.48 bits per heavy atom. The molecular weight excluding hydrogens is 282 g/mol. The Morgan fingerprint density at radius 2 is 1.81 bits per heavy atom. The smallest absolute Gasteiger partial charge is 0.166 e. The van der Waals surface area contributed by atoms with Crippen molar-refractivity contribution in [3.8, 4) is 0 Å². The van der Waals surface area contributed by atoms with Crippen LogP contribution in [0.5, 0.6) is 0 Å². The highest BCUT2D eigenvalue weighted by Gasteiger charge is 2.15. The first kappa shape index (κ1) is 16.2. The van der Waals surface area contributed by atoms with Gasteiger partial charge in [-0.15, -0.1) is 0 Å². The number of hydrogen-bond donors (Lipinski definition) is 3. The number of methoxy groups -OCH3 is 1. The Kier molecular flexibility index (Phi) is 6.92. The Hall–Kier alpha value is -1.17. The third-order valence-corrected chi connectivity index (χ3v) is 4.12. The maximum Gasteiger partial charge on any atom is 0.166 e. The highest BCUT2D eigenvalue weighted by Crippen LogP contribution is 2.04. The molecule has 0 saturated carbocycles. The summed E-state index contributed by atoms with van der Waals surface area (Å²) >= 11 is 5.21. The van der Waals surface area contributed by atoms with Crippen LogP contribution in [0, 0.1) is 0 Å². The molecule has 0 bridgehead atoms. The summed E-state index contributed by atoms with van der Waals surface area (Å²) in [6.45, 7) is 5.96. The quantitative estimate of drug-likeness (QED) is 0.506. The first-order chi connectivity index (χ1) is 10.3. The number of ether oxygens (including phenoxy) is 1. The molecule has 0 amide bonds. The predicted octanol–water partition coefficient (Wildman–Crippen LogP) is 0.476. The van der Waals surface area contributed by atoms with E-state index < -0.39 is 0 Å². The standard InChI is InChI=1S/C16H25N3OS/c1-20-11-8-17-16(21)18-12-14-4-6-15(7-5-14)13-19-9-2-3-10-19/h4-7H,2-3,8-13H2,1H3,(H2,17,18,21)/p+1. The summed E-state index contributed by atoms with van der Waals surface area (Å²) in [5.74, 6) is 0. The van der Waals surface area contributed by atoms with Crippen LogP contribution in [0.3, 0.4) is 0 Å². The zero-order valence-corrected chi connectivity index (χ0v) is 13.6. The van der Waals surface area contributed by atoms with E-state index in [9.17, 15) is 0 Å². The van der Waals surface area contributed by atoms with Crippen LogP contribution >= 0.6 is 12.2 Å². The number of benzene rings is 1. The second-order valence-corrected chi connectivity index (χ2v) is 5.96. The van der Waals surface area contributed by atoms with E-state index in [4.69, 9.17) is 17.0 Å². The van der Waals surface area contributed by atoms with Crippen molar-refractivity contribution in [3.63, 3.8) is 0 Å². The average Bonchev–Trinajstić information content (AvgIpc) is 3.00. The summed E-state index contributed by atoms with van der Waals surface area (Å²) in [4.78, 5) is 1.71. The maximum atomic E-state index is 5.21. The molecule has 116 valence electrons. The van der Waals surface area contributed by atoms with Crippen LogP contribution in [0.15, 0.2) is 24.3 Å². The van der Waals surface area contributed by atoms with E-state index in [0.29, 0.717) is 11.7 Å². The van der Waals surface area contributed by atoms with Crippen molar-refractivity contribution in [2.45, 2.75) is 25.9 Å². The van der Waals surface area contributed by atoms with E-state index in [0.717, 1.165) is 19.6 Å². The number of nitrogens with one attached hydrogen (secondary N) is 3. The van der Waals surface area contributed by atoms with Gasteiger partial charge in [0.25, 0.3) is 0 Å². The normalized spacial score (nSPS) is 15.1. The molecule has 1 fully saturated rings. The molecule has 3 N–H and O–H groups in total. The van der Waals surface area contributed by atoms with Crippen LogP contribution in [-0.4, -0.2) is 38.5 Å². The highest BCUT2D eigenvalue weighted by atomic mass is 32.1. The third kappa shape index (κ3) is 5.99. The number of likely N-dealkylation sites (tertiary alicyclic amines) is 1. The van der Waals surface area contributed by atoms with Gasteiger partial charge in [-0.25, -0.2) is 0 Å². The van der Waals surface area contributed by atoms with Crippen LogP contribution in [0.2, 0.25) is 0 Å². The molecule has 21 heavy (non-hydrogen) atoms. The molecule has 1 aromatic carbocycles. The summed E-state index contributed by atoms with van der Waals surface area (Å²) in [5, 5.41) is 6.99. The van der Waals surface area contributed by atoms with Gasteiger partial charge in [-0.3, -0.25) is 0 Å². The van der Waals surface area contributed by atoms with Gasteiger partial charge in [0.05, 0.1) is 19.7 Å². The fraction of sp³-hybridized carbons (Fsp3) is 0.562. The van der Waals surface area contributed by atoms with Gasteiger partial charge in [0.15, 0.2) is 5.11 Å². The van der Waals surface area contributed by atoms with Gasteiger partial charge in [0.2, 0.25) is 0 Å². The van der Waals surface area contributed by atoms with Crippen LogP contribution in [0.1, 0.15) is 24.0 Å². The lowest BCUT2D eigenvalue weighted by molar-refractivity contribution is -0.901. The fourth-order valence-corrected chi connectivity index (χ4v) is 2.80. The number of hydrogen-bond acceptors (Lipinski definition) is 2. The molecule has 0 unspecified atom stereocenters. The molecule has 5 heteroatoms. The minimum Gasteiger partial charge on any atom is -0.383 e. The molecule has 2 rings (SSSR count). The summed E-state index contributed by atoms with van der Waals surface area (Å²) in [6, 6.07) is 8.86. The Labute approximate surface area is 132 Å². The average molecular weight is 308 g/mol. The molecule has 1 saturated heterocycles. The predicted molar refractivity (Wildman–Crippen MR) is 89.4 cm³/mol. The molecular formula is C16H26N3OS+. The topological polar surface area (TPSA) is 37.7 Å².